The van der Waals surface area contributed by atoms with Crippen LogP contribution in [0, 0.1) is 0 Å². The quantitative estimate of drug-likeness (QED) is 0.780. The van der Waals surface area contributed by atoms with Crippen LogP contribution >= 0.6 is 0 Å². The summed E-state index contributed by atoms with van der Waals surface area (Å²) < 4.78 is 7.05. The first-order valence-corrected chi connectivity index (χ1v) is 10.0. The molecule has 8 heteroatoms. The van der Waals surface area contributed by atoms with E-state index in [1.165, 1.54) is 0 Å². The molecule has 0 saturated carbocycles. The van der Waals surface area contributed by atoms with Crippen molar-refractivity contribution in [3.8, 4) is 5.75 Å². The number of benzene rings is 1. The van der Waals surface area contributed by atoms with E-state index in [9.17, 15) is 9.59 Å². The molecule has 4 rings (SSSR count). The van der Waals surface area contributed by atoms with Crippen LogP contribution in [0.4, 0.5) is 5.69 Å². The maximum atomic E-state index is 13.1. The zero-order valence-electron chi connectivity index (χ0n) is 17.0. The largest absolute Gasteiger partial charge is 0.496 e. The molecule has 1 aromatic carbocycles. The number of amides is 2. The fourth-order valence-electron chi connectivity index (χ4n) is 4.23. The van der Waals surface area contributed by atoms with Gasteiger partial charge >= 0.3 is 0 Å². The Hall–Kier alpha value is -2.87. The molecule has 2 amide bonds. The van der Waals surface area contributed by atoms with Crippen LogP contribution in [0.3, 0.4) is 0 Å². The van der Waals surface area contributed by atoms with Crippen molar-refractivity contribution < 1.29 is 14.3 Å². The highest BCUT2D eigenvalue weighted by Crippen LogP contribution is 2.25. The maximum absolute atomic E-state index is 13.1. The number of rotatable bonds is 4. The van der Waals surface area contributed by atoms with E-state index in [4.69, 9.17) is 4.74 Å². The highest BCUT2D eigenvalue weighted by atomic mass is 16.5. The van der Waals surface area contributed by atoms with E-state index < -0.39 is 0 Å². The molecule has 1 aromatic heterocycles. The van der Waals surface area contributed by atoms with E-state index >= 15 is 0 Å². The van der Waals surface area contributed by atoms with E-state index in [1.807, 2.05) is 35.2 Å². The summed E-state index contributed by atoms with van der Waals surface area (Å²) in [6.45, 7) is 3.32. The summed E-state index contributed by atoms with van der Waals surface area (Å²) in [5.74, 6) is 0.706. The number of ether oxygens (including phenoxy) is 1. The van der Waals surface area contributed by atoms with Crippen molar-refractivity contribution in [2.24, 2.45) is 7.05 Å². The normalized spacial score (nSPS) is 20.8. The minimum Gasteiger partial charge on any atom is -0.496 e. The number of piperazine rings is 1. The standard InChI is InChI=1S/C21H27N5O3/c1-23-15-16(14-22-23)26-9-5-7-18(21(26)28)24-10-12-25(13-11-24)20(27)17-6-3-4-8-19(17)29-2/h3-4,6,8,14-15,18H,5,7,9-13H2,1-2H3/t18-/m0/s1. The Kier molecular flexibility index (Phi) is 5.53. The number of nitrogens with zero attached hydrogens (tertiary/aromatic N) is 5. The van der Waals surface area contributed by atoms with Gasteiger partial charge in [-0.05, 0) is 25.0 Å². The van der Waals surface area contributed by atoms with Crippen LogP contribution in [0.15, 0.2) is 36.7 Å². The molecular weight excluding hydrogens is 370 g/mol. The molecular formula is C21H27N5O3. The van der Waals surface area contributed by atoms with Gasteiger partial charge in [0.2, 0.25) is 5.91 Å². The smallest absolute Gasteiger partial charge is 0.257 e. The van der Waals surface area contributed by atoms with E-state index in [0.717, 1.165) is 25.1 Å². The molecule has 2 fully saturated rings. The summed E-state index contributed by atoms with van der Waals surface area (Å²) in [7, 11) is 3.43. The third-order valence-electron chi connectivity index (χ3n) is 5.79. The van der Waals surface area contributed by atoms with E-state index in [-0.39, 0.29) is 17.9 Å². The minimum absolute atomic E-state index is 0.0194. The van der Waals surface area contributed by atoms with Crippen LogP contribution in [0.5, 0.6) is 5.75 Å². The number of carbonyl (C=O) groups is 2. The fourth-order valence-corrected chi connectivity index (χ4v) is 4.23. The molecule has 3 heterocycles. The number of piperidine rings is 1. The molecule has 2 aromatic rings. The van der Waals surface area contributed by atoms with Gasteiger partial charge in [-0.3, -0.25) is 19.2 Å². The monoisotopic (exact) mass is 397 g/mol. The van der Waals surface area contributed by atoms with Crippen LogP contribution in [0.2, 0.25) is 0 Å². The molecule has 2 saturated heterocycles. The van der Waals surface area contributed by atoms with E-state index in [0.29, 0.717) is 37.5 Å². The first-order chi connectivity index (χ1) is 14.1. The Morgan fingerprint density at radius 1 is 1.14 bits per heavy atom. The van der Waals surface area contributed by atoms with Crippen LogP contribution in [-0.4, -0.2) is 77.3 Å². The van der Waals surface area contributed by atoms with Gasteiger partial charge in [-0.2, -0.15) is 5.10 Å². The molecule has 0 N–H and O–H groups in total. The maximum Gasteiger partial charge on any atom is 0.257 e. The number of methoxy groups -OCH3 is 1. The molecule has 29 heavy (non-hydrogen) atoms. The number of hydrogen-bond acceptors (Lipinski definition) is 5. The number of carbonyl (C=O) groups excluding carboxylic acids is 2. The lowest BCUT2D eigenvalue weighted by Gasteiger charge is -2.42. The molecule has 2 aliphatic heterocycles. The number of aryl methyl sites for hydroxylation is 1. The summed E-state index contributed by atoms with van der Waals surface area (Å²) in [4.78, 5) is 31.9. The predicted molar refractivity (Wildman–Crippen MR) is 109 cm³/mol. The highest BCUT2D eigenvalue weighted by Gasteiger charge is 2.36. The van der Waals surface area contributed by atoms with Crippen LogP contribution < -0.4 is 9.64 Å². The van der Waals surface area contributed by atoms with Crippen molar-refractivity contribution in [2.75, 3.05) is 44.7 Å². The lowest BCUT2D eigenvalue weighted by molar-refractivity contribution is -0.126. The average molecular weight is 397 g/mol. The van der Waals surface area contributed by atoms with Gasteiger partial charge < -0.3 is 14.5 Å². The third-order valence-corrected chi connectivity index (χ3v) is 5.79. The SMILES string of the molecule is COc1ccccc1C(=O)N1CCN([C@H]2CCCN(c3cnn(C)c3)C2=O)CC1. The van der Waals surface area contributed by atoms with Gasteiger partial charge in [0.15, 0.2) is 0 Å². The van der Waals surface area contributed by atoms with Gasteiger partial charge in [-0.15, -0.1) is 0 Å². The molecule has 0 aliphatic carbocycles. The molecule has 0 spiro atoms. The van der Waals surface area contributed by atoms with Gasteiger partial charge in [0, 0.05) is 46.0 Å². The first-order valence-electron chi connectivity index (χ1n) is 10.0. The van der Waals surface area contributed by atoms with Gasteiger partial charge in [-0.1, -0.05) is 12.1 Å². The molecule has 0 unspecified atom stereocenters. The van der Waals surface area contributed by atoms with Gasteiger partial charge in [0.05, 0.1) is 30.6 Å². The second-order valence-corrected chi connectivity index (χ2v) is 7.55. The van der Waals surface area contributed by atoms with Crippen LogP contribution in [0.1, 0.15) is 23.2 Å². The van der Waals surface area contributed by atoms with Crippen molar-refractivity contribution in [1.29, 1.82) is 0 Å². The number of para-hydroxylation sites is 1. The van der Waals surface area contributed by atoms with Gasteiger partial charge in [0.25, 0.3) is 5.91 Å². The summed E-state index contributed by atoms with van der Waals surface area (Å²) in [5.41, 5.74) is 1.44. The predicted octanol–water partition coefficient (Wildman–Crippen LogP) is 1.38. The molecule has 154 valence electrons. The Labute approximate surface area is 170 Å². The summed E-state index contributed by atoms with van der Waals surface area (Å²) in [5, 5.41) is 4.19. The number of anilines is 1. The molecule has 1 atom stereocenters. The fraction of sp³-hybridized carbons (Fsp3) is 0.476. The topological polar surface area (TPSA) is 70.9 Å². The number of aromatic nitrogens is 2. The van der Waals surface area contributed by atoms with Crippen molar-refractivity contribution in [3.05, 3.63) is 42.2 Å². The zero-order valence-corrected chi connectivity index (χ0v) is 17.0. The van der Waals surface area contributed by atoms with Crippen LogP contribution in [-0.2, 0) is 11.8 Å². The highest BCUT2D eigenvalue weighted by molar-refractivity contribution is 5.98. The average Bonchev–Trinajstić information content (AvgIpc) is 3.19. The Bertz CT molecular complexity index is 888. The molecule has 8 nitrogen and oxygen atoms in total. The number of hydrogen-bond donors (Lipinski definition) is 0. The van der Waals surface area contributed by atoms with Crippen molar-refractivity contribution >= 4 is 17.5 Å². The summed E-state index contributed by atoms with van der Waals surface area (Å²) >= 11 is 0. The Morgan fingerprint density at radius 2 is 1.90 bits per heavy atom. The van der Waals surface area contributed by atoms with Crippen molar-refractivity contribution in [1.82, 2.24) is 19.6 Å². The second kappa shape index (κ2) is 8.24. The van der Waals surface area contributed by atoms with Crippen LogP contribution in [0.25, 0.3) is 0 Å². The van der Waals surface area contributed by atoms with Crippen molar-refractivity contribution in [3.63, 3.8) is 0 Å². The minimum atomic E-state index is -0.132. The lowest BCUT2D eigenvalue weighted by Crippen LogP contribution is -2.58. The molecule has 0 radical (unpaired) electrons. The first kappa shape index (κ1) is 19.4. The third kappa shape index (κ3) is 3.85. The molecule has 2 aliphatic rings. The summed E-state index contributed by atoms with van der Waals surface area (Å²) in [6, 6.07) is 7.17. The zero-order chi connectivity index (χ0) is 20.4. The van der Waals surface area contributed by atoms with Crippen molar-refractivity contribution in [2.45, 2.75) is 18.9 Å². The van der Waals surface area contributed by atoms with Gasteiger partial charge in [-0.25, -0.2) is 0 Å². The molecule has 0 bridgehead atoms. The van der Waals surface area contributed by atoms with Gasteiger partial charge in [0.1, 0.15) is 5.75 Å². The van der Waals surface area contributed by atoms with E-state index in [2.05, 4.69) is 10.00 Å². The Morgan fingerprint density at radius 3 is 2.59 bits per heavy atom. The summed E-state index contributed by atoms with van der Waals surface area (Å²) in [6.07, 6.45) is 5.44. The van der Waals surface area contributed by atoms with E-state index in [1.54, 1.807) is 30.1 Å². The second-order valence-electron chi connectivity index (χ2n) is 7.55. The Balaban J connectivity index is 1.40. The lowest BCUT2D eigenvalue weighted by atomic mass is 10.0.